The highest BCUT2D eigenvalue weighted by Gasteiger charge is 2.09. The molecule has 0 bridgehead atoms. The number of oxime groups is 1. The first-order valence-corrected chi connectivity index (χ1v) is 5.02. The summed E-state index contributed by atoms with van der Waals surface area (Å²) in [7, 11) is 1.50. The monoisotopic (exact) mass is 250 g/mol. The molecule has 0 unspecified atom stereocenters. The zero-order valence-electron chi connectivity index (χ0n) is 9.54. The summed E-state index contributed by atoms with van der Waals surface area (Å²) in [6.45, 7) is 0. The molecule has 0 saturated carbocycles. The summed E-state index contributed by atoms with van der Waals surface area (Å²) in [5, 5.41) is 15.3. The fourth-order valence-electron chi connectivity index (χ4n) is 1.45. The van der Waals surface area contributed by atoms with Gasteiger partial charge in [0.2, 0.25) is 0 Å². The van der Waals surface area contributed by atoms with Crippen LogP contribution in [0.1, 0.15) is 5.56 Å². The van der Waals surface area contributed by atoms with Gasteiger partial charge in [-0.2, -0.15) is 5.10 Å². The number of hydrogen-bond donors (Lipinski definition) is 2. The summed E-state index contributed by atoms with van der Waals surface area (Å²) in [6.07, 6.45) is 3.01. The minimum absolute atomic E-state index is 0.154. The predicted molar refractivity (Wildman–Crippen MR) is 62.6 cm³/mol. The number of aromatic nitrogens is 2. The number of ether oxygens (including phenoxy) is 1. The van der Waals surface area contributed by atoms with Crippen LogP contribution in [-0.2, 0) is 0 Å². The Kier molecular flexibility index (Phi) is 3.13. The van der Waals surface area contributed by atoms with Gasteiger partial charge in [0.05, 0.1) is 19.5 Å². The summed E-state index contributed by atoms with van der Waals surface area (Å²) < 4.78 is 20.1. The molecule has 2 aromatic rings. The Morgan fingerprint density at radius 3 is 2.89 bits per heavy atom. The molecule has 7 heteroatoms. The molecule has 0 aliphatic carbocycles. The average Bonchev–Trinajstić information content (AvgIpc) is 2.86. The van der Waals surface area contributed by atoms with Crippen molar-refractivity contribution < 1.29 is 14.3 Å². The quantitative estimate of drug-likeness (QED) is 0.370. The van der Waals surface area contributed by atoms with E-state index in [0.717, 1.165) is 0 Å². The lowest BCUT2D eigenvalue weighted by atomic mass is 10.2. The lowest BCUT2D eigenvalue weighted by Gasteiger charge is -2.05. The maximum atomic E-state index is 13.9. The average molecular weight is 250 g/mol. The molecule has 18 heavy (non-hydrogen) atoms. The molecule has 0 saturated heterocycles. The number of benzene rings is 1. The molecule has 0 atom stereocenters. The van der Waals surface area contributed by atoms with Crippen molar-refractivity contribution in [3.05, 3.63) is 42.0 Å². The second-order valence-electron chi connectivity index (χ2n) is 3.48. The molecular formula is C11H11FN4O2. The lowest BCUT2D eigenvalue weighted by Crippen LogP contribution is -2.13. The minimum atomic E-state index is -0.537. The normalized spacial score (nSPS) is 11.6. The van der Waals surface area contributed by atoms with Gasteiger partial charge in [-0.3, -0.25) is 0 Å². The van der Waals surface area contributed by atoms with Gasteiger partial charge in [0.15, 0.2) is 11.6 Å². The highest BCUT2D eigenvalue weighted by Crippen LogP contribution is 2.17. The summed E-state index contributed by atoms with van der Waals surface area (Å²) in [6, 6.07) is 4.18. The van der Waals surface area contributed by atoms with Crippen LogP contribution in [0.3, 0.4) is 0 Å². The van der Waals surface area contributed by atoms with Gasteiger partial charge in [0.1, 0.15) is 11.5 Å². The van der Waals surface area contributed by atoms with Crippen LogP contribution in [-0.4, -0.2) is 27.9 Å². The fourth-order valence-corrected chi connectivity index (χ4v) is 1.45. The molecule has 3 N–H and O–H groups in total. The van der Waals surface area contributed by atoms with Crippen molar-refractivity contribution in [3.63, 3.8) is 0 Å². The molecule has 1 aromatic heterocycles. The van der Waals surface area contributed by atoms with E-state index in [-0.39, 0.29) is 17.1 Å². The van der Waals surface area contributed by atoms with Crippen molar-refractivity contribution in [3.8, 4) is 11.4 Å². The van der Waals surface area contributed by atoms with Crippen molar-refractivity contribution in [1.29, 1.82) is 0 Å². The first kappa shape index (κ1) is 11.9. The second kappa shape index (κ2) is 4.74. The molecule has 0 fully saturated rings. The van der Waals surface area contributed by atoms with E-state index in [0.29, 0.717) is 5.75 Å². The van der Waals surface area contributed by atoms with Crippen LogP contribution in [0.4, 0.5) is 4.39 Å². The van der Waals surface area contributed by atoms with E-state index in [1.807, 2.05) is 0 Å². The number of rotatable bonds is 3. The van der Waals surface area contributed by atoms with Gasteiger partial charge in [0.25, 0.3) is 0 Å². The van der Waals surface area contributed by atoms with Gasteiger partial charge in [0, 0.05) is 5.56 Å². The summed E-state index contributed by atoms with van der Waals surface area (Å²) in [5.74, 6) is -0.168. The maximum absolute atomic E-state index is 13.9. The van der Waals surface area contributed by atoms with Gasteiger partial charge in [-0.15, -0.1) is 0 Å². The molecule has 0 radical (unpaired) electrons. The molecule has 6 nitrogen and oxygen atoms in total. The second-order valence-corrected chi connectivity index (χ2v) is 3.48. The molecule has 2 rings (SSSR count). The van der Waals surface area contributed by atoms with E-state index in [2.05, 4.69) is 10.3 Å². The largest absolute Gasteiger partial charge is 0.493 e. The molecule has 1 aromatic carbocycles. The summed E-state index contributed by atoms with van der Waals surface area (Å²) in [4.78, 5) is 0. The Hall–Kier alpha value is -2.57. The third kappa shape index (κ3) is 2.10. The Balaban J connectivity index is 2.41. The van der Waals surface area contributed by atoms with Crippen molar-refractivity contribution in [1.82, 2.24) is 9.78 Å². The number of nitrogens with two attached hydrogens (primary N) is 1. The molecule has 1 heterocycles. The summed E-state index contributed by atoms with van der Waals surface area (Å²) >= 11 is 0. The summed E-state index contributed by atoms with van der Waals surface area (Å²) in [5.41, 5.74) is 5.90. The van der Waals surface area contributed by atoms with E-state index in [1.54, 1.807) is 6.20 Å². The number of hydrogen-bond acceptors (Lipinski definition) is 4. The van der Waals surface area contributed by atoms with Gasteiger partial charge in [-0.05, 0) is 18.2 Å². The number of halogens is 1. The third-order valence-corrected chi connectivity index (χ3v) is 2.39. The molecular weight excluding hydrogens is 239 g/mol. The highest BCUT2D eigenvalue weighted by molar-refractivity contribution is 5.97. The van der Waals surface area contributed by atoms with Crippen LogP contribution in [0.15, 0.2) is 35.7 Å². The molecule has 0 spiro atoms. The van der Waals surface area contributed by atoms with Crippen molar-refractivity contribution in [2.24, 2.45) is 10.9 Å². The van der Waals surface area contributed by atoms with E-state index in [1.165, 1.54) is 36.2 Å². The SMILES string of the molecule is COc1cnn(-c2ccc(/C(N)=N/O)cc2F)c1. The van der Waals surface area contributed by atoms with Crippen LogP contribution >= 0.6 is 0 Å². The Labute approximate surface area is 102 Å². The zero-order valence-corrected chi connectivity index (χ0v) is 9.54. The van der Waals surface area contributed by atoms with Crippen molar-refractivity contribution in [2.45, 2.75) is 0 Å². The minimum Gasteiger partial charge on any atom is -0.493 e. The number of amidine groups is 1. The fraction of sp³-hybridized carbons (Fsp3) is 0.0909. The topological polar surface area (TPSA) is 85.7 Å². The molecule has 94 valence electrons. The predicted octanol–water partition coefficient (Wildman–Crippen LogP) is 1.11. The Morgan fingerprint density at radius 1 is 1.56 bits per heavy atom. The van der Waals surface area contributed by atoms with Gasteiger partial charge >= 0.3 is 0 Å². The first-order chi connectivity index (χ1) is 8.65. The number of methoxy groups -OCH3 is 1. The third-order valence-electron chi connectivity index (χ3n) is 2.39. The Bertz CT molecular complexity index is 594. The smallest absolute Gasteiger partial charge is 0.170 e. The van der Waals surface area contributed by atoms with Crippen LogP contribution in [0.2, 0.25) is 0 Å². The van der Waals surface area contributed by atoms with E-state index in [4.69, 9.17) is 15.7 Å². The zero-order chi connectivity index (χ0) is 13.1. The molecule has 0 aliphatic heterocycles. The van der Waals surface area contributed by atoms with Crippen molar-refractivity contribution >= 4 is 5.84 Å². The van der Waals surface area contributed by atoms with E-state index >= 15 is 0 Å². The number of nitrogens with zero attached hydrogens (tertiary/aromatic N) is 3. The van der Waals surface area contributed by atoms with Crippen LogP contribution in [0.5, 0.6) is 5.75 Å². The lowest BCUT2D eigenvalue weighted by molar-refractivity contribution is 0.318. The molecule has 0 amide bonds. The first-order valence-electron chi connectivity index (χ1n) is 5.02. The van der Waals surface area contributed by atoms with Crippen LogP contribution in [0.25, 0.3) is 5.69 Å². The van der Waals surface area contributed by atoms with E-state index in [9.17, 15) is 4.39 Å². The van der Waals surface area contributed by atoms with Gasteiger partial charge < -0.3 is 15.7 Å². The van der Waals surface area contributed by atoms with Crippen molar-refractivity contribution in [2.75, 3.05) is 7.11 Å². The van der Waals surface area contributed by atoms with Crippen LogP contribution < -0.4 is 10.5 Å². The molecule has 0 aliphatic rings. The highest BCUT2D eigenvalue weighted by atomic mass is 19.1. The van der Waals surface area contributed by atoms with E-state index < -0.39 is 5.82 Å². The van der Waals surface area contributed by atoms with Gasteiger partial charge in [-0.1, -0.05) is 5.16 Å². The standard InChI is InChI=1S/C11H11FN4O2/c1-18-8-5-14-16(6-8)10-3-2-7(4-9(10)12)11(13)15-17/h2-6,17H,1H3,(H2,13,15). The van der Waals surface area contributed by atoms with Crippen LogP contribution in [0, 0.1) is 5.82 Å². The Morgan fingerprint density at radius 2 is 2.33 bits per heavy atom. The maximum Gasteiger partial charge on any atom is 0.170 e. The van der Waals surface area contributed by atoms with Gasteiger partial charge in [-0.25, -0.2) is 9.07 Å².